The predicted octanol–water partition coefficient (Wildman–Crippen LogP) is 4.11. The van der Waals surface area contributed by atoms with Crippen molar-refractivity contribution in [3.8, 4) is 17.0 Å². The topological polar surface area (TPSA) is 48.3 Å². The van der Waals surface area contributed by atoms with E-state index >= 15 is 0 Å². The summed E-state index contributed by atoms with van der Waals surface area (Å²) < 4.78 is 7.67. The second-order valence-electron chi connectivity index (χ2n) is 6.44. The Labute approximate surface area is 138 Å². The lowest BCUT2D eigenvalue weighted by atomic mass is 10.1. The maximum atomic E-state index is 13.0. The first kappa shape index (κ1) is 13.5. The molecule has 0 radical (unpaired) electrons. The molecule has 0 unspecified atom stereocenters. The molecule has 1 aromatic heterocycles. The van der Waals surface area contributed by atoms with Gasteiger partial charge >= 0.3 is 5.97 Å². The summed E-state index contributed by atoms with van der Waals surface area (Å²) in [6.45, 7) is 1.38. The number of nitrogens with zero attached hydrogens (tertiary/aromatic N) is 1. The van der Waals surface area contributed by atoms with Crippen molar-refractivity contribution in [2.24, 2.45) is 0 Å². The molecule has 0 N–H and O–H groups in total. The van der Waals surface area contributed by atoms with Gasteiger partial charge in [0.1, 0.15) is 5.75 Å². The highest BCUT2D eigenvalue weighted by Crippen LogP contribution is 2.50. The van der Waals surface area contributed by atoms with Gasteiger partial charge in [-0.15, -0.1) is 0 Å². The van der Waals surface area contributed by atoms with Crippen molar-refractivity contribution in [2.75, 3.05) is 0 Å². The molecule has 2 aliphatic carbocycles. The molecule has 2 aromatic carbocycles. The first-order chi connectivity index (χ1) is 11.7. The van der Waals surface area contributed by atoms with Gasteiger partial charge in [-0.2, -0.15) is 0 Å². The second kappa shape index (κ2) is 4.57. The summed E-state index contributed by atoms with van der Waals surface area (Å²) in [5.74, 6) is 0.111. The van der Waals surface area contributed by atoms with Gasteiger partial charge in [-0.05, 0) is 25.0 Å². The monoisotopic (exact) mass is 317 g/mol. The first-order valence-electron chi connectivity index (χ1n) is 8.16. The van der Waals surface area contributed by atoms with Crippen molar-refractivity contribution in [3.05, 3.63) is 53.6 Å². The third kappa shape index (κ3) is 1.68. The van der Waals surface area contributed by atoms with Gasteiger partial charge in [0.15, 0.2) is 5.78 Å². The number of hydrogen-bond acceptors (Lipinski definition) is 3. The lowest BCUT2D eigenvalue weighted by molar-refractivity contribution is -0.131. The fourth-order valence-corrected chi connectivity index (χ4v) is 3.79. The summed E-state index contributed by atoms with van der Waals surface area (Å²) in [5, 5.41) is 0.760. The lowest BCUT2D eigenvalue weighted by Gasteiger charge is -2.10. The molecule has 0 amide bonds. The summed E-state index contributed by atoms with van der Waals surface area (Å²) >= 11 is 0. The van der Waals surface area contributed by atoms with Crippen LogP contribution in [-0.4, -0.2) is 16.3 Å². The average Bonchev–Trinajstić information content (AvgIpc) is 3.28. The summed E-state index contributed by atoms with van der Waals surface area (Å²) in [5.41, 5.74) is 4.34. The van der Waals surface area contributed by atoms with E-state index in [1.807, 2.05) is 36.4 Å². The molecule has 0 aliphatic heterocycles. The van der Waals surface area contributed by atoms with E-state index in [4.69, 9.17) is 4.74 Å². The molecule has 0 bridgehead atoms. The zero-order chi connectivity index (χ0) is 16.4. The van der Waals surface area contributed by atoms with Crippen molar-refractivity contribution in [1.82, 2.24) is 4.57 Å². The summed E-state index contributed by atoms with van der Waals surface area (Å²) in [7, 11) is 0. The molecule has 3 aromatic rings. The average molecular weight is 317 g/mol. The molecular weight excluding hydrogens is 302 g/mol. The summed E-state index contributed by atoms with van der Waals surface area (Å²) in [4.78, 5) is 24.5. The minimum atomic E-state index is -0.376. The molecule has 0 atom stereocenters. The number of carbonyl (C=O) groups is 2. The van der Waals surface area contributed by atoms with Gasteiger partial charge in [0, 0.05) is 24.1 Å². The third-order valence-corrected chi connectivity index (χ3v) is 4.81. The van der Waals surface area contributed by atoms with Crippen LogP contribution >= 0.6 is 0 Å². The van der Waals surface area contributed by atoms with Crippen LogP contribution < -0.4 is 4.74 Å². The van der Waals surface area contributed by atoms with E-state index in [1.165, 1.54) is 6.92 Å². The number of benzene rings is 2. The van der Waals surface area contributed by atoms with Crippen molar-refractivity contribution in [2.45, 2.75) is 25.8 Å². The Morgan fingerprint density at radius 2 is 1.83 bits per heavy atom. The Bertz CT molecular complexity index is 1040. The zero-order valence-corrected chi connectivity index (χ0v) is 13.2. The molecule has 2 aliphatic rings. The molecule has 1 saturated carbocycles. The number of ether oxygens (including phenoxy) is 1. The van der Waals surface area contributed by atoms with Gasteiger partial charge in [0.25, 0.3) is 0 Å². The van der Waals surface area contributed by atoms with Crippen LogP contribution in [0, 0.1) is 0 Å². The van der Waals surface area contributed by atoms with Crippen LogP contribution in [0.25, 0.3) is 22.2 Å². The fraction of sp³-hybridized carbons (Fsp3) is 0.200. The number of aromatic nitrogens is 1. The molecule has 1 heterocycles. The maximum Gasteiger partial charge on any atom is 0.308 e. The Morgan fingerprint density at radius 1 is 1.08 bits per heavy atom. The van der Waals surface area contributed by atoms with E-state index in [9.17, 15) is 9.59 Å². The van der Waals surface area contributed by atoms with Crippen LogP contribution in [0.1, 0.15) is 41.7 Å². The van der Waals surface area contributed by atoms with Crippen LogP contribution in [0.3, 0.4) is 0 Å². The second-order valence-corrected chi connectivity index (χ2v) is 6.44. The highest BCUT2D eigenvalue weighted by molar-refractivity contribution is 6.28. The molecule has 0 spiro atoms. The Kier molecular flexibility index (Phi) is 2.58. The van der Waals surface area contributed by atoms with E-state index in [-0.39, 0.29) is 11.8 Å². The number of fused-ring (bicyclic) bond motifs is 5. The van der Waals surface area contributed by atoms with Gasteiger partial charge in [-0.1, -0.05) is 30.3 Å². The number of carbonyl (C=O) groups excluding carboxylic acids is 2. The maximum absolute atomic E-state index is 13.0. The van der Waals surface area contributed by atoms with Crippen LogP contribution in [0.2, 0.25) is 0 Å². The molecular formula is C20H15NO3. The molecule has 4 heteroatoms. The lowest BCUT2D eigenvalue weighted by Crippen LogP contribution is -2.03. The predicted molar refractivity (Wildman–Crippen MR) is 90.4 cm³/mol. The van der Waals surface area contributed by atoms with E-state index in [1.54, 1.807) is 6.07 Å². The summed E-state index contributed by atoms with van der Waals surface area (Å²) in [6.07, 6.45) is 2.23. The van der Waals surface area contributed by atoms with E-state index in [0.29, 0.717) is 17.4 Å². The molecule has 118 valence electrons. The van der Waals surface area contributed by atoms with Gasteiger partial charge in [-0.3, -0.25) is 9.59 Å². The van der Waals surface area contributed by atoms with E-state index in [2.05, 4.69) is 4.57 Å². The van der Waals surface area contributed by atoms with Crippen LogP contribution in [-0.2, 0) is 4.79 Å². The molecule has 1 fully saturated rings. The largest absolute Gasteiger partial charge is 0.426 e. The standard InChI is InChI=1S/C20H15NO3/c1-11(22)24-16-8-4-7-15-17(16)18-19(21(15)12-9-10-12)13-5-2-3-6-14(13)20(18)23/h2-8,12H,9-10H2,1H3. The Balaban J connectivity index is 1.92. The third-order valence-electron chi connectivity index (χ3n) is 4.81. The first-order valence-corrected chi connectivity index (χ1v) is 8.16. The normalized spacial score (nSPS) is 15.5. The fourth-order valence-electron chi connectivity index (χ4n) is 3.79. The van der Waals surface area contributed by atoms with E-state index < -0.39 is 0 Å². The highest BCUT2D eigenvalue weighted by Gasteiger charge is 2.38. The Morgan fingerprint density at radius 3 is 2.54 bits per heavy atom. The number of rotatable bonds is 2. The van der Waals surface area contributed by atoms with Gasteiger partial charge in [-0.25, -0.2) is 0 Å². The number of esters is 1. The van der Waals surface area contributed by atoms with Crippen LogP contribution in [0.5, 0.6) is 5.75 Å². The van der Waals surface area contributed by atoms with Gasteiger partial charge in [0.05, 0.1) is 22.2 Å². The van der Waals surface area contributed by atoms with Crippen molar-refractivity contribution < 1.29 is 14.3 Å². The zero-order valence-electron chi connectivity index (χ0n) is 13.2. The number of hydrogen-bond donors (Lipinski definition) is 0. The van der Waals surface area contributed by atoms with Crippen LogP contribution in [0.4, 0.5) is 0 Å². The van der Waals surface area contributed by atoms with Crippen molar-refractivity contribution in [3.63, 3.8) is 0 Å². The smallest absolute Gasteiger partial charge is 0.308 e. The molecule has 24 heavy (non-hydrogen) atoms. The number of ketones is 1. The quantitative estimate of drug-likeness (QED) is 0.413. The SMILES string of the molecule is CC(=O)Oc1cccc2c1c1c(n2C2CC2)-c2ccccc2C1=O. The Hall–Kier alpha value is -2.88. The van der Waals surface area contributed by atoms with Gasteiger partial charge in [0.2, 0.25) is 0 Å². The van der Waals surface area contributed by atoms with Crippen molar-refractivity contribution >= 4 is 22.7 Å². The highest BCUT2D eigenvalue weighted by atomic mass is 16.5. The molecule has 4 nitrogen and oxygen atoms in total. The minimum Gasteiger partial charge on any atom is -0.426 e. The summed E-state index contributed by atoms with van der Waals surface area (Å²) in [6, 6.07) is 13.8. The minimum absolute atomic E-state index is 0.0182. The van der Waals surface area contributed by atoms with Gasteiger partial charge < -0.3 is 9.30 Å². The molecule has 0 saturated heterocycles. The van der Waals surface area contributed by atoms with Crippen LogP contribution in [0.15, 0.2) is 42.5 Å². The van der Waals surface area contributed by atoms with E-state index in [0.717, 1.165) is 40.6 Å². The van der Waals surface area contributed by atoms with Crippen molar-refractivity contribution in [1.29, 1.82) is 0 Å². The molecule has 5 rings (SSSR count).